The average molecular weight is 465 g/mol. The lowest BCUT2D eigenvalue weighted by atomic mass is 10.2. The maximum absolute atomic E-state index is 12.7. The molecule has 7 nitrogen and oxygen atoms in total. The second-order valence-electron chi connectivity index (χ2n) is 6.06. The van der Waals surface area contributed by atoms with Gasteiger partial charge in [-0.3, -0.25) is 4.79 Å². The third kappa shape index (κ3) is 6.82. The summed E-state index contributed by atoms with van der Waals surface area (Å²) >= 11 is 0. The van der Waals surface area contributed by atoms with Crippen LogP contribution in [0.25, 0.3) is 0 Å². The molecule has 0 aliphatic carbocycles. The van der Waals surface area contributed by atoms with E-state index in [1.165, 1.54) is 12.1 Å². The van der Waals surface area contributed by atoms with Gasteiger partial charge in [0, 0.05) is 0 Å². The number of hydrogen-bond donors (Lipinski definition) is 1. The van der Waals surface area contributed by atoms with E-state index in [4.69, 9.17) is 4.74 Å². The van der Waals surface area contributed by atoms with Crippen LogP contribution >= 0.6 is 0 Å². The Hall–Kier alpha value is -2.44. The number of esters is 1. The standard InChI is InChI=1S/C18H18F3NO6S2/c19-18(20,21)14-6-4-9-16(12-14)30(26,27)22-13-17(23)28-10-5-11-29(24,25)15-7-2-1-3-8-15/h1-4,6-9,12,22H,5,10-11,13H2. The zero-order valence-electron chi connectivity index (χ0n) is 15.4. The molecule has 30 heavy (non-hydrogen) atoms. The zero-order valence-corrected chi connectivity index (χ0v) is 17.1. The van der Waals surface area contributed by atoms with Crippen molar-refractivity contribution in [3.63, 3.8) is 0 Å². The zero-order chi connectivity index (χ0) is 22.4. The minimum atomic E-state index is -4.72. The highest BCUT2D eigenvalue weighted by Gasteiger charge is 2.31. The molecule has 0 aliphatic heterocycles. The van der Waals surface area contributed by atoms with Crippen LogP contribution in [0.5, 0.6) is 0 Å². The molecular formula is C18H18F3NO6S2. The summed E-state index contributed by atoms with van der Waals surface area (Å²) in [6, 6.07) is 10.7. The van der Waals surface area contributed by atoms with Gasteiger partial charge in [0.05, 0.1) is 27.7 Å². The van der Waals surface area contributed by atoms with Crippen LogP contribution in [-0.4, -0.2) is 41.7 Å². The van der Waals surface area contributed by atoms with Crippen LogP contribution in [0.4, 0.5) is 13.2 Å². The summed E-state index contributed by atoms with van der Waals surface area (Å²) in [6.45, 7) is -1.08. The van der Waals surface area contributed by atoms with Crippen molar-refractivity contribution < 1.29 is 39.5 Å². The van der Waals surface area contributed by atoms with Crippen LogP contribution in [0.15, 0.2) is 64.4 Å². The highest BCUT2D eigenvalue weighted by molar-refractivity contribution is 7.91. The molecule has 2 rings (SSSR count). The lowest BCUT2D eigenvalue weighted by Crippen LogP contribution is -2.31. The second kappa shape index (κ2) is 9.58. The van der Waals surface area contributed by atoms with Crippen LogP contribution in [0.2, 0.25) is 0 Å². The first-order valence-electron chi connectivity index (χ1n) is 8.52. The number of ether oxygens (including phenoxy) is 1. The Bertz CT molecular complexity index is 1080. The number of nitrogens with one attached hydrogen (secondary N) is 1. The van der Waals surface area contributed by atoms with Crippen LogP contribution in [-0.2, 0) is 35.6 Å². The first-order chi connectivity index (χ1) is 13.9. The van der Waals surface area contributed by atoms with Gasteiger partial charge in [0.25, 0.3) is 0 Å². The molecule has 0 saturated carbocycles. The first-order valence-corrected chi connectivity index (χ1v) is 11.7. The van der Waals surface area contributed by atoms with E-state index in [0.29, 0.717) is 6.07 Å². The molecule has 1 N–H and O–H groups in total. The molecule has 0 spiro atoms. The normalized spacial score (nSPS) is 12.5. The van der Waals surface area contributed by atoms with E-state index in [1.807, 2.05) is 4.72 Å². The molecule has 0 fully saturated rings. The second-order valence-corrected chi connectivity index (χ2v) is 9.93. The van der Waals surface area contributed by atoms with E-state index < -0.39 is 49.0 Å². The number of carbonyl (C=O) groups is 1. The van der Waals surface area contributed by atoms with Gasteiger partial charge < -0.3 is 4.74 Å². The maximum Gasteiger partial charge on any atom is 0.416 e. The maximum atomic E-state index is 12.7. The molecule has 0 amide bonds. The van der Waals surface area contributed by atoms with Gasteiger partial charge in [-0.05, 0) is 36.8 Å². The summed E-state index contributed by atoms with van der Waals surface area (Å²) in [5, 5.41) is 0. The summed E-state index contributed by atoms with van der Waals surface area (Å²) in [5.41, 5.74) is -1.15. The van der Waals surface area contributed by atoms with Crippen molar-refractivity contribution in [2.75, 3.05) is 18.9 Å². The van der Waals surface area contributed by atoms with Crippen molar-refractivity contribution in [3.8, 4) is 0 Å². The van der Waals surface area contributed by atoms with Gasteiger partial charge >= 0.3 is 12.1 Å². The van der Waals surface area contributed by atoms with Crippen molar-refractivity contribution in [1.82, 2.24) is 4.72 Å². The Morgan fingerprint density at radius 2 is 1.57 bits per heavy atom. The third-order valence-corrected chi connectivity index (χ3v) is 7.02. The number of rotatable bonds is 9. The van der Waals surface area contributed by atoms with E-state index in [9.17, 15) is 34.8 Å². The van der Waals surface area contributed by atoms with Crippen molar-refractivity contribution in [2.45, 2.75) is 22.4 Å². The number of benzene rings is 2. The Labute approximate surface area is 171 Å². The molecule has 0 radical (unpaired) electrons. The quantitative estimate of drug-likeness (QED) is 0.450. The van der Waals surface area contributed by atoms with Crippen LogP contribution in [0, 0.1) is 0 Å². The number of halogens is 3. The molecule has 2 aromatic carbocycles. The Kier molecular flexibility index (Phi) is 7.61. The SMILES string of the molecule is O=C(CNS(=O)(=O)c1cccc(C(F)(F)F)c1)OCCCS(=O)(=O)c1ccccc1. The number of hydrogen-bond acceptors (Lipinski definition) is 6. The van der Waals surface area contributed by atoms with Crippen molar-refractivity contribution in [1.29, 1.82) is 0 Å². The van der Waals surface area contributed by atoms with Crippen LogP contribution in [0.3, 0.4) is 0 Å². The van der Waals surface area contributed by atoms with E-state index in [0.717, 1.165) is 18.2 Å². The lowest BCUT2D eigenvalue weighted by molar-refractivity contribution is -0.142. The lowest BCUT2D eigenvalue weighted by Gasteiger charge is -2.10. The number of sulfone groups is 1. The summed E-state index contributed by atoms with van der Waals surface area (Å²) in [4.78, 5) is 11.1. The topological polar surface area (TPSA) is 107 Å². The minimum absolute atomic E-state index is 0.0106. The Morgan fingerprint density at radius 1 is 0.933 bits per heavy atom. The van der Waals surface area contributed by atoms with E-state index in [-0.39, 0.29) is 23.7 Å². The van der Waals surface area contributed by atoms with Gasteiger partial charge in [-0.15, -0.1) is 0 Å². The molecule has 0 saturated heterocycles. The monoisotopic (exact) mass is 465 g/mol. The Balaban J connectivity index is 1.83. The molecule has 0 bridgehead atoms. The summed E-state index contributed by atoms with van der Waals surface area (Å²) in [5.74, 6) is -1.28. The van der Waals surface area contributed by atoms with E-state index >= 15 is 0 Å². The fraction of sp³-hybridized carbons (Fsp3) is 0.278. The minimum Gasteiger partial charge on any atom is -0.465 e. The molecule has 164 valence electrons. The molecule has 0 aliphatic rings. The predicted octanol–water partition coefficient (Wildman–Crippen LogP) is 2.39. The van der Waals surface area contributed by atoms with Crippen LogP contribution in [0.1, 0.15) is 12.0 Å². The highest BCUT2D eigenvalue weighted by atomic mass is 32.2. The van der Waals surface area contributed by atoms with E-state index in [1.54, 1.807) is 18.2 Å². The summed E-state index contributed by atoms with van der Waals surface area (Å²) in [7, 11) is -7.92. The molecule has 0 unspecified atom stereocenters. The first kappa shape index (κ1) is 23.8. The number of sulfonamides is 1. The molecule has 0 aromatic heterocycles. The third-order valence-electron chi connectivity index (χ3n) is 3.80. The Morgan fingerprint density at radius 3 is 2.20 bits per heavy atom. The van der Waals surface area contributed by atoms with Gasteiger partial charge in [0.2, 0.25) is 10.0 Å². The van der Waals surface area contributed by atoms with Gasteiger partial charge in [0.1, 0.15) is 6.54 Å². The van der Waals surface area contributed by atoms with E-state index in [2.05, 4.69) is 0 Å². The van der Waals surface area contributed by atoms with Crippen molar-refractivity contribution in [3.05, 3.63) is 60.2 Å². The van der Waals surface area contributed by atoms with Gasteiger partial charge in [0.15, 0.2) is 9.84 Å². The fourth-order valence-electron chi connectivity index (χ4n) is 2.31. The summed E-state index contributed by atoms with van der Waals surface area (Å²) in [6.07, 6.45) is -4.73. The number of carbonyl (C=O) groups excluding carboxylic acids is 1. The van der Waals surface area contributed by atoms with Crippen LogP contribution < -0.4 is 4.72 Å². The van der Waals surface area contributed by atoms with Gasteiger partial charge in [-0.25, -0.2) is 16.8 Å². The molecule has 2 aromatic rings. The molecular weight excluding hydrogens is 447 g/mol. The predicted molar refractivity (Wildman–Crippen MR) is 101 cm³/mol. The summed E-state index contributed by atoms with van der Waals surface area (Å²) < 4.78 is 93.0. The van der Waals surface area contributed by atoms with Gasteiger partial charge in [-0.1, -0.05) is 24.3 Å². The molecule has 12 heteroatoms. The highest BCUT2D eigenvalue weighted by Crippen LogP contribution is 2.30. The smallest absolute Gasteiger partial charge is 0.416 e. The van der Waals surface area contributed by atoms with Crippen molar-refractivity contribution >= 4 is 25.8 Å². The number of alkyl halides is 3. The molecule has 0 atom stereocenters. The average Bonchev–Trinajstić information content (AvgIpc) is 2.70. The van der Waals surface area contributed by atoms with Crippen molar-refractivity contribution in [2.24, 2.45) is 0 Å². The fourth-order valence-corrected chi connectivity index (χ4v) is 4.63. The van der Waals surface area contributed by atoms with Gasteiger partial charge in [-0.2, -0.15) is 17.9 Å². The molecule has 0 heterocycles. The largest absolute Gasteiger partial charge is 0.465 e.